The van der Waals surface area contributed by atoms with Gasteiger partial charge in [-0.3, -0.25) is 57.9 Å². The number of nitrogen functional groups attached to an aromatic ring is 1. The Balaban J connectivity index is 1.70. The van der Waals surface area contributed by atoms with Crippen molar-refractivity contribution in [1.82, 2.24) is 51.8 Å². The Hall–Kier alpha value is -9.01. The predicted molar refractivity (Wildman–Crippen MR) is 252 cm³/mol. The average Bonchev–Trinajstić information content (AvgIpc) is 3.31. The van der Waals surface area contributed by atoms with Gasteiger partial charge in [0.05, 0.1) is 43.7 Å². The van der Waals surface area contributed by atoms with E-state index in [0.717, 1.165) is 0 Å². The maximum Gasteiger partial charge on any atom is 0.334 e. The number of rotatable bonds is 31. The molecule has 0 spiro atoms. The average molecular weight is 1050 g/mol. The number of carbonyl (C=O) groups excluding carboxylic acids is 6. The number of benzene rings is 1. The van der Waals surface area contributed by atoms with Gasteiger partial charge in [-0.25, -0.2) is 19.6 Å². The first-order chi connectivity index (χ1) is 34.4. The lowest BCUT2D eigenvalue weighted by Gasteiger charge is -2.26. The molecule has 0 bridgehead atoms. The fraction of sp³-hybridized carbons (Fsp3) is 0.400. The molecule has 0 saturated heterocycles. The first-order valence-electron chi connectivity index (χ1n) is 21.3. The van der Waals surface area contributed by atoms with Crippen LogP contribution in [0.15, 0.2) is 40.2 Å². The Labute approximate surface area is 415 Å². The van der Waals surface area contributed by atoms with Crippen molar-refractivity contribution in [2.45, 2.75) is 81.3 Å². The summed E-state index contributed by atoms with van der Waals surface area (Å²) in [7, 11) is 0. The second kappa shape index (κ2) is 28.0. The Bertz CT molecular complexity index is 2670. The number of aliphatic imine (C=N–C) groups is 1. The number of aliphatic carboxylic acids is 5. The van der Waals surface area contributed by atoms with Crippen molar-refractivity contribution >= 4 is 107 Å². The second-order valence-electron chi connectivity index (χ2n) is 15.4. The van der Waals surface area contributed by atoms with Gasteiger partial charge in [0.15, 0.2) is 28.9 Å². The minimum atomic E-state index is -2.13. The summed E-state index contributed by atoms with van der Waals surface area (Å²) < 4.78 is 0. The van der Waals surface area contributed by atoms with Crippen LogP contribution < -0.4 is 60.0 Å². The molecule has 2 heterocycles. The van der Waals surface area contributed by atoms with Gasteiger partial charge >= 0.3 is 29.8 Å². The van der Waals surface area contributed by atoms with Crippen LogP contribution >= 0.6 is 12.6 Å². The highest BCUT2D eigenvalue weighted by Crippen LogP contribution is 2.13. The number of aromatic nitrogens is 4. The van der Waals surface area contributed by atoms with Crippen molar-refractivity contribution in [3.05, 3.63) is 52.1 Å². The van der Waals surface area contributed by atoms with Crippen LogP contribution in [-0.2, 0) is 54.5 Å². The molecule has 3 aromatic rings. The summed E-state index contributed by atoms with van der Waals surface area (Å²) in [5, 5.41) is 63.3. The Morgan fingerprint density at radius 2 is 1.23 bits per heavy atom. The number of nitrogens with zero attached hydrogens (tertiary/aromatic N) is 4. The van der Waals surface area contributed by atoms with Crippen LogP contribution in [0, 0.1) is 0 Å². The molecule has 0 aliphatic carbocycles. The molecule has 1 aromatic carbocycles. The number of nitrogens with one attached hydrogen (secondary N) is 8. The number of carboxylic acids is 5. The van der Waals surface area contributed by atoms with Crippen molar-refractivity contribution in [2.75, 3.05) is 29.9 Å². The number of carboxylic acid groups (broad SMARTS) is 5. The monoisotopic (exact) mass is 1050 g/mol. The number of guanidine groups is 1. The van der Waals surface area contributed by atoms with Gasteiger partial charge in [0, 0.05) is 36.5 Å². The van der Waals surface area contributed by atoms with E-state index in [4.69, 9.17) is 17.2 Å². The first-order valence-corrected chi connectivity index (χ1v) is 21.9. The van der Waals surface area contributed by atoms with Gasteiger partial charge in [-0.2, -0.15) is 17.6 Å². The van der Waals surface area contributed by atoms with E-state index in [1.165, 1.54) is 30.5 Å². The van der Waals surface area contributed by atoms with Crippen molar-refractivity contribution in [1.29, 1.82) is 0 Å². The first kappa shape index (κ1) is 58.3. The fourth-order valence-electron chi connectivity index (χ4n) is 6.24. The van der Waals surface area contributed by atoms with Gasteiger partial charge in [-0.05, 0) is 37.1 Å². The molecule has 5 amide bonds. The number of fused-ring (bicyclic) bond motifs is 1. The number of carbonyl (C=O) groups is 11. The zero-order valence-electron chi connectivity index (χ0n) is 38.0. The summed E-state index contributed by atoms with van der Waals surface area (Å²) in [6.07, 6.45) is -3.12. The summed E-state index contributed by atoms with van der Waals surface area (Å²) in [4.78, 5) is 169. The zero-order valence-corrected chi connectivity index (χ0v) is 38.9. The zero-order chi connectivity index (χ0) is 54.5. The lowest BCUT2D eigenvalue weighted by molar-refractivity contribution is -0.145. The molecule has 73 heavy (non-hydrogen) atoms. The number of hydrogen-bond donors (Lipinski definition) is 17. The van der Waals surface area contributed by atoms with Gasteiger partial charge in [0.1, 0.15) is 24.2 Å². The minimum absolute atomic E-state index is 0.0357. The van der Waals surface area contributed by atoms with Crippen LogP contribution in [0.25, 0.3) is 11.2 Å². The smallest absolute Gasteiger partial charge is 0.334 e. The molecule has 6 atom stereocenters. The number of ketones is 1. The van der Waals surface area contributed by atoms with Crippen LogP contribution in [0.1, 0.15) is 54.6 Å². The molecule has 0 radical (unpaired) electrons. The van der Waals surface area contributed by atoms with Gasteiger partial charge in [0.2, 0.25) is 29.6 Å². The molecule has 0 saturated carbocycles. The van der Waals surface area contributed by atoms with E-state index in [1.807, 2.05) is 10.6 Å². The maximum absolute atomic E-state index is 13.7. The van der Waals surface area contributed by atoms with E-state index in [0.29, 0.717) is 11.4 Å². The van der Waals surface area contributed by atoms with Gasteiger partial charge < -0.3 is 80.0 Å². The fourth-order valence-corrected chi connectivity index (χ4v) is 6.49. The van der Waals surface area contributed by atoms with Crippen LogP contribution in [0.5, 0.6) is 0 Å². The van der Waals surface area contributed by atoms with Crippen molar-refractivity contribution in [3.8, 4) is 0 Å². The molecule has 394 valence electrons. The molecular weight excluding hydrogens is 995 g/mol. The standard InChI is InChI=1S/C40H51N15O17S/c41-39(42)45-8-1-2-19(32(64)50-21(11-26(59)60)34(66)51-22(12-27(61)62)35(67)52-23(15-73)37(69)70)49-33(65)20(10-25(57)58)44-9-7-24(56)28(38(71)72)53-31(63)16-3-5-17(6-4-16)46-13-18-14-47-30-29(48-18)36(68)55-40(43)54-30/h3-6,14,19-23,28,44,46,73H,1-2,7-13,15H2,(H,49,65)(H,50,64)(H,51,66)(H,52,67)(H,53,63)(H,57,58)(H,59,60)(H,61,62)(H,69,70)(H,71,72)(H4,41,42,45)(H3,43,47,54,55,68)/t19-,20-,21-,22-,23-,28-/m1/s1. The van der Waals surface area contributed by atoms with Crippen molar-refractivity contribution in [3.63, 3.8) is 0 Å². The number of nitrogens with two attached hydrogens (primary N) is 3. The molecule has 0 fully saturated rings. The van der Waals surface area contributed by atoms with E-state index < -0.39 is 145 Å². The molecule has 32 nitrogen and oxygen atoms in total. The summed E-state index contributed by atoms with van der Waals surface area (Å²) >= 11 is 3.79. The number of anilines is 2. The lowest BCUT2D eigenvalue weighted by atomic mass is 10.1. The highest BCUT2D eigenvalue weighted by atomic mass is 32.1. The lowest BCUT2D eigenvalue weighted by Crippen LogP contribution is -2.59. The third-order valence-electron chi connectivity index (χ3n) is 9.81. The van der Waals surface area contributed by atoms with Gasteiger partial charge in [-0.15, -0.1) is 0 Å². The SMILES string of the molecule is NC(N)=NCCC[C@@H](NC(=O)[C@@H](CC(=O)O)NCCC(=O)[C@@H](NC(=O)c1ccc(NCc2cnc3nc(N)[nH]c(=O)c3n2)cc1)C(=O)O)C(=O)N[C@H](CC(=O)O)C(=O)N[C@H](CC(=O)O)C(=O)N[C@H](CS)C(=O)O. The highest BCUT2D eigenvalue weighted by molar-refractivity contribution is 7.80. The van der Waals surface area contributed by atoms with Crippen molar-refractivity contribution in [2.24, 2.45) is 16.5 Å². The Kier molecular flexibility index (Phi) is 22.4. The molecule has 2 aromatic heterocycles. The molecule has 3 rings (SSSR count). The number of amides is 5. The molecule has 19 N–H and O–H groups in total. The number of H-pyrrole nitrogens is 1. The maximum atomic E-state index is 13.7. The van der Waals surface area contributed by atoms with Crippen LogP contribution in [-0.4, -0.2) is 172 Å². The molecular formula is C40H51N15O17S. The summed E-state index contributed by atoms with van der Waals surface area (Å²) in [5.41, 5.74) is 16.3. The number of aromatic amines is 1. The van der Waals surface area contributed by atoms with Crippen LogP contribution in [0.4, 0.5) is 11.6 Å². The Morgan fingerprint density at radius 3 is 1.77 bits per heavy atom. The molecule has 0 aliphatic heterocycles. The third kappa shape index (κ3) is 19.4. The topological polar surface area (TPSA) is 535 Å². The summed E-state index contributed by atoms with van der Waals surface area (Å²) in [6.45, 7) is -0.647. The largest absolute Gasteiger partial charge is 0.481 e. The minimum Gasteiger partial charge on any atom is -0.481 e. The second-order valence-corrected chi connectivity index (χ2v) is 15.8. The predicted octanol–water partition coefficient (Wildman–Crippen LogP) is -5.56. The van der Waals surface area contributed by atoms with Crippen LogP contribution in [0.2, 0.25) is 0 Å². The summed E-state index contributed by atoms with van der Waals surface area (Å²) in [5.74, 6) is -16.5. The number of Topliss-reactive ketones (excluding diaryl/α,β-unsaturated/α-hetero) is 1. The Morgan fingerprint density at radius 1 is 0.699 bits per heavy atom. The van der Waals surface area contributed by atoms with E-state index in [9.17, 15) is 83.1 Å². The van der Waals surface area contributed by atoms with Gasteiger partial charge in [0.25, 0.3) is 11.5 Å². The quantitative estimate of drug-likeness (QED) is 0.00939. The highest BCUT2D eigenvalue weighted by Gasteiger charge is 2.35. The number of hydrogen-bond acceptors (Lipinski definition) is 20. The third-order valence-corrected chi connectivity index (χ3v) is 10.2. The molecule has 0 aliphatic rings. The van der Waals surface area contributed by atoms with Gasteiger partial charge in [-0.1, -0.05) is 0 Å². The normalized spacial score (nSPS) is 13.3. The summed E-state index contributed by atoms with van der Waals surface area (Å²) in [6, 6.07) is -5.82. The van der Waals surface area contributed by atoms with Crippen LogP contribution in [0.3, 0.4) is 0 Å². The molecule has 0 unspecified atom stereocenters. The van der Waals surface area contributed by atoms with E-state index >= 15 is 0 Å². The van der Waals surface area contributed by atoms with Crippen molar-refractivity contribution < 1.29 is 78.3 Å². The number of thiol groups is 1. The van der Waals surface area contributed by atoms with E-state index in [-0.39, 0.29) is 54.6 Å². The van der Waals surface area contributed by atoms with E-state index in [2.05, 4.69) is 64.1 Å². The van der Waals surface area contributed by atoms with E-state index in [1.54, 1.807) is 0 Å². The molecule has 33 heteroatoms.